The molecule has 0 unspecified atom stereocenters. The maximum Gasteiger partial charge on any atom is 0.410 e. The second-order valence-electron chi connectivity index (χ2n) is 5.54. The molecule has 1 aliphatic heterocycles. The lowest BCUT2D eigenvalue weighted by Crippen LogP contribution is -2.49. The van der Waals surface area contributed by atoms with Crippen molar-refractivity contribution >= 4 is 17.8 Å². The van der Waals surface area contributed by atoms with Crippen LogP contribution in [0.5, 0.6) is 0 Å². The first-order chi connectivity index (χ1) is 11.5. The van der Waals surface area contributed by atoms with Gasteiger partial charge in [0.1, 0.15) is 5.76 Å². The average Bonchev–Trinajstić information content (AvgIpc) is 3.06. The molecular weight excluding hydrogens is 318 g/mol. The lowest BCUT2D eigenvalue weighted by molar-refractivity contribution is 0.0562. The summed E-state index contributed by atoms with van der Waals surface area (Å²) in [5, 5.41) is 0. The van der Waals surface area contributed by atoms with E-state index in [1.165, 1.54) is 32.3 Å². The Labute approximate surface area is 137 Å². The fraction of sp³-hybridized carbons (Fsp3) is 0.438. The van der Waals surface area contributed by atoms with Crippen LogP contribution in [0.3, 0.4) is 0 Å². The molecule has 0 N–H and O–H groups in total. The normalized spacial score (nSPS) is 22.2. The van der Waals surface area contributed by atoms with Crippen molar-refractivity contribution in [2.45, 2.75) is 18.4 Å². The SMILES string of the molecule is COC(=O)c1cc2c(o1)C(=O)C[C@H]1[C@@H]2C=C(OC)CN1C(=O)OC. The number of carbonyl (C=O) groups is 3. The number of hydrogen-bond acceptors (Lipinski definition) is 7. The lowest BCUT2D eigenvalue weighted by Gasteiger charge is -2.40. The highest BCUT2D eigenvalue weighted by Crippen LogP contribution is 2.41. The first-order valence-electron chi connectivity index (χ1n) is 7.34. The third-order valence-corrected chi connectivity index (χ3v) is 4.33. The number of esters is 1. The minimum Gasteiger partial charge on any atom is -0.500 e. The van der Waals surface area contributed by atoms with E-state index in [1.807, 2.05) is 6.08 Å². The van der Waals surface area contributed by atoms with E-state index in [0.717, 1.165) is 0 Å². The van der Waals surface area contributed by atoms with Gasteiger partial charge in [-0.05, 0) is 12.1 Å². The van der Waals surface area contributed by atoms with Gasteiger partial charge in [-0.2, -0.15) is 0 Å². The number of carbonyl (C=O) groups excluding carboxylic acids is 3. The summed E-state index contributed by atoms with van der Waals surface area (Å²) >= 11 is 0. The van der Waals surface area contributed by atoms with E-state index < -0.39 is 18.1 Å². The van der Waals surface area contributed by atoms with E-state index in [4.69, 9.17) is 13.9 Å². The molecule has 0 bridgehead atoms. The smallest absolute Gasteiger partial charge is 0.410 e. The molecule has 128 valence electrons. The van der Waals surface area contributed by atoms with Crippen molar-refractivity contribution in [3.05, 3.63) is 35.0 Å². The van der Waals surface area contributed by atoms with Gasteiger partial charge in [-0.25, -0.2) is 9.59 Å². The number of ether oxygens (including phenoxy) is 3. The summed E-state index contributed by atoms with van der Waals surface area (Å²) in [5.74, 6) is -0.616. The summed E-state index contributed by atoms with van der Waals surface area (Å²) in [6.45, 7) is 0.217. The number of hydrogen-bond donors (Lipinski definition) is 0. The molecule has 1 aromatic heterocycles. The number of ketones is 1. The van der Waals surface area contributed by atoms with Crippen LogP contribution in [0.1, 0.15) is 39.0 Å². The van der Waals surface area contributed by atoms with Gasteiger partial charge in [0.2, 0.25) is 5.76 Å². The van der Waals surface area contributed by atoms with Crippen LogP contribution in [0.25, 0.3) is 0 Å². The zero-order valence-corrected chi connectivity index (χ0v) is 13.5. The van der Waals surface area contributed by atoms with E-state index in [-0.39, 0.29) is 36.2 Å². The maximum atomic E-state index is 12.4. The number of Topliss-reactive ketones (excluding diaryl/α,β-unsaturated/α-hetero) is 1. The van der Waals surface area contributed by atoms with Gasteiger partial charge in [0, 0.05) is 17.9 Å². The molecule has 3 rings (SSSR count). The third kappa shape index (κ3) is 2.44. The summed E-state index contributed by atoms with van der Waals surface area (Å²) in [7, 11) is 4.02. The van der Waals surface area contributed by atoms with Gasteiger partial charge >= 0.3 is 12.1 Å². The molecule has 2 atom stereocenters. The van der Waals surface area contributed by atoms with E-state index in [0.29, 0.717) is 11.3 Å². The van der Waals surface area contributed by atoms with E-state index in [9.17, 15) is 14.4 Å². The Hall–Kier alpha value is -2.77. The Morgan fingerprint density at radius 2 is 2.00 bits per heavy atom. The fourth-order valence-corrected chi connectivity index (χ4v) is 3.18. The van der Waals surface area contributed by atoms with Crippen molar-refractivity contribution in [3.8, 4) is 0 Å². The van der Waals surface area contributed by atoms with Crippen LogP contribution in [0.4, 0.5) is 4.79 Å². The van der Waals surface area contributed by atoms with E-state index in [1.54, 1.807) is 0 Å². The van der Waals surface area contributed by atoms with Gasteiger partial charge in [-0.1, -0.05) is 0 Å². The molecule has 0 fully saturated rings. The quantitative estimate of drug-likeness (QED) is 0.759. The first-order valence-corrected chi connectivity index (χ1v) is 7.34. The molecule has 0 saturated carbocycles. The average molecular weight is 335 g/mol. The van der Waals surface area contributed by atoms with Gasteiger partial charge in [-0.3, -0.25) is 9.69 Å². The highest BCUT2D eigenvalue weighted by Gasteiger charge is 2.44. The van der Waals surface area contributed by atoms with Crippen LogP contribution < -0.4 is 0 Å². The second kappa shape index (κ2) is 6.03. The number of fused-ring (bicyclic) bond motifs is 3. The van der Waals surface area contributed by atoms with E-state index >= 15 is 0 Å². The molecule has 0 aromatic carbocycles. The molecule has 1 amide bonds. The molecule has 24 heavy (non-hydrogen) atoms. The summed E-state index contributed by atoms with van der Waals surface area (Å²) in [6, 6.07) is 1.07. The van der Waals surface area contributed by atoms with Crippen molar-refractivity contribution in [3.63, 3.8) is 0 Å². The zero-order chi connectivity index (χ0) is 17.4. The summed E-state index contributed by atoms with van der Waals surface area (Å²) in [6.07, 6.45) is 1.38. The van der Waals surface area contributed by atoms with Crippen LogP contribution in [-0.2, 0) is 14.2 Å². The maximum absolute atomic E-state index is 12.4. The van der Waals surface area contributed by atoms with Crippen LogP contribution in [0, 0.1) is 0 Å². The Bertz CT molecular complexity index is 733. The van der Waals surface area contributed by atoms with Crippen molar-refractivity contribution < 1.29 is 33.0 Å². The van der Waals surface area contributed by atoms with Gasteiger partial charge in [0.05, 0.1) is 33.9 Å². The zero-order valence-electron chi connectivity index (χ0n) is 13.5. The molecular formula is C16H17NO7. The van der Waals surface area contributed by atoms with Crippen LogP contribution in [0.15, 0.2) is 22.3 Å². The Balaban J connectivity index is 2.08. The van der Waals surface area contributed by atoms with Gasteiger partial charge in [0.15, 0.2) is 11.5 Å². The topological polar surface area (TPSA) is 95.3 Å². The highest BCUT2D eigenvalue weighted by molar-refractivity contribution is 5.99. The molecule has 8 nitrogen and oxygen atoms in total. The largest absolute Gasteiger partial charge is 0.500 e. The Morgan fingerprint density at radius 1 is 1.25 bits per heavy atom. The Kier molecular flexibility index (Phi) is 4.04. The second-order valence-corrected chi connectivity index (χ2v) is 5.54. The minimum absolute atomic E-state index is 0.0425. The molecule has 0 radical (unpaired) electrons. The predicted octanol–water partition coefficient (Wildman–Crippen LogP) is 1.72. The summed E-state index contributed by atoms with van der Waals surface area (Å²) < 4.78 is 20.1. The summed E-state index contributed by atoms with van der Waals surface area (Å²) in [4.78, 5) is 37.6. The molecule has 2 aliphatic rings. The standard InChI is InChI=1S/C16H17NO7/c1-21-8-4-9-10-5-13(15(19)22-2)24-14(10)12(18)6-11(9)17(7-8)16(20)23-3/h4-5,9,11H,6-7H2,1-3H3/t9-,11+/m1/s1. The summed E-state index contributed by atoms with van der Waals surface area (Å²) in [5.41, 5.74) is 0.541. The number of methoxy groups -OCH3 is 3. The molecule has 1 aliphatic carbocycles. The Morgan fingerprint density at radius 3 is 2.62 bits per heavy atom. The van der Waals surface area contributed by atoms with Crippen molar-refractivity contribution in [2.24, 2.45) is 0 Å². The molecule has 8 heteroatoms. The van der Waals surface area contributed by atoms with Gasteiger partial charge in [-0.15, -0.1) is 0 Å². The fourth-order valence-electron chi connectivity index (χ4n) is 3.18. The third-order valence-electron chi connectivity index (χ3n) is 4.33. The number of nitrogens with zero attached hydrogens (tertiary/aromatic N) is 1. The van der Waals surface area contributed by atoms with Crippen LogP contribution in [-0.4, -0.2) is 56.7 Å². The number of rotatable bonds is 2. The van der Waals surface area contributed by atoms with Crippen LogP contribution in [0.2, 0.25) is 0 Å². The van der Waals surface area contributed by atoms with E-state index in [2.05, 4.69) is 4.74 Å². The molecule has 2 heterocycles. The van der Waals surface area contributed by atoms with Crippen molar-refractivity contribution in [1.82, 2.24) is 4.90 Å². The van der Waals surface area contributed by atoms with Crippen molar-refractivity contribution in [2.75, 3.05) is 27.9 Å². The minimum atomic E-state index is -0.662. The van der Waals surface area contributed by atoms with Crippen molar-refractivity contribution in [1.29, 1.82) is 0 Å². The number of furan rings is 1. The lowest BCUT2D eigenvalue weighted by atomic mass is 9.79. The molecule has 0 saturated heterocycles. The molecule has 0 spiro atoms. The predicted molar refractivity (Wildman–Crippen MR) is 79.7 cm³/mol. The van der Waals surface area contributed by atoms with Gasteiger partial charge in [0.25, 0.3) is 0 Å². The monoisotopic (exact) mass is 335 g/mol. The molecule has 1 aromatic rings. The highest BCUT2D eigenvalue weighted by atomic mass is 16.5. The van der Waals surface area contributed by atoms with Crippen LogP contribution >= 0.6 is 0 Å². The van der Waals surface area contributed by atoms with Gasteiger partial charge < -0.3 is 18.6 Å². The first kappa shape index (κ1) is 16.1. The number of amides is 1.